The molecule has 0 saturated heterocycles. The van der Waals surface area contributed by atoms with Gasteiger partial charge in [0, 0.05) is 42.6 Å². The van der Waals surface area contributed by atoms with Crippen LogP contribution in [-0.4, -0.2) is 29.0 Å². The van der Waals surface area contributed by atoms with E-state index in [1.807, 2.05) is 13.0 Å². The van der Waals surface area contributed by atoms with E-state index < -0.39 is 0 Å². The number of nitrogens with one attached hydrogen (secondary N) is 4. The predicted octanol–water partition coefficient (Wildman–Crippen LogP) is 4.54. The summed E-state index contributed by atoms with van der Waals surface area (Å²) < 4.78 is 13.7. The summed E-state index contributed by atoms with van der Waals surface area (Å²) in [4.78, 5) is 21.5. The van der Waals surface area contributed by atoms with Crippen molar-refractivity contribution < 1.29 is 9.18 Å². The van der Waals surface area contributed by atoms with Gasteiger partial charge in [0.05, 0.1) is 0 Å². The number of rotatable bonds is 6. The van der Waals surface area contributed by atoms with E-state index in [-0.39, 0.29) is 17.1 Å². The van der Waals surface area contributed by atoms with E-state index in [0.29, 0.717) is 35.1 Å². The third-order valence-electron chi connectivity index (χ3n) is 5.76. The minimum Gasteiger partial charge on any atom is -0.352 e. The van der Waals surface area contributed by atoms with Crippen molar-refractivity contribution in [2.75, 3.05) is 23.7 Å². The number of aryl methyl sites for hydroxylation is 1. The lowest BCUT2D eigenvalue weighted by atomic mass is 9.79. The van der Waals surface area contributed by atoms with Gasteiger partial charge in [0.15, 0.2) is 0 Å². The molecule has 1 aromatic heterocycles. The molecule has 1 amide bonds. The molecule has 4 N–H and O–H groups in total. The molecule has 1 aliphatic rings. The Hall–Kier alpha value is -3.52. The lowest BCUT2D eigenvalue weighted by Gasteiger charge is -2.33. The second-order valence-corrected chi connectivity index (χ2v) is 8.89. The summed E-state index contributed by atoms with van der Waals surface area (Å²) in [6.07, 6.45) is 1.49. The van der Waals surface area contributed by atoms with E-state index in [1.165, 1.54) is 23.4 Å². The normalized spacial score (nSPS) is 14.3. The molecule has 7 nitrogen and oxygen atoms in total. The topological polar surface area (TPSA) is 91.0 Å². The van der Waals surface area contributed by atoms with Gasteiger partial charge in [0.1, 0.15) is 17.2 Å². The fourth-order valence-electron chi connectivity index (χ4n) is 4.03. The second-order valence-electron chi connectivity index (χ2n) is 8.89. The maximum atomic E-state index is 13.7. The highest BCUT2D eigenvalue weighted by Gasteiger charge is 2.27. The Kier molecular flexibility index (Phi) is 6.29. The van der Waals surface area contributed by atoms with Crippen molar-refractivity contribution >= 4 is 29.0 Å². The number of nitrogens with zero attached hydrogens (tertiary/aromatic N) is 2. The van der Waals surface area contributed by atoms with Crippen molar-refractivity contribution in [3.63, 3.8) is 0 Å². The van der Waals surface area contributed by atoms with E-state index >= 15 is 0 Å². The Morgan fingerprint density at radius 1 is 1.15 bits per heavy atom. The first-order chi connectivity index (χ1) is 15.8. The monoisotopic (exact) mass is 448 g/mol. The fraction of sp³-hybridized carbons (Fsp3) is 0.320. The van der Waals surface area contributed by atoms with Crippen LogP contribution in [0.3, 0.4) is 0 Å². The number of hydrogen-bond acceptors (Lipinski definition) is 6. The van der Waals surface area contributed by atoms with Gasteiger partial charge < -0.3 is 21.3 Å². The molecule has 0 radical (unpaired) electrons. The zero-order valence-corrected chi connectivity index (χ0v) is 19.3. The zero-order valence-electron chi connectivity index (χ0n) is 19.3. The van der Waals surface area contributed by atoms with Crippen LogP contribution in [0.4, 0.5) is 27.5 Å². The first-order valence-electron chi connectivity index (χ1n) is 11.1. The molecule has 8 heteroatoms. The van der Waals surface area contributed by atoms with Crippen molar-refractivity contribution in [3.8, 4) is 0 Å². The van der Waals surface area contributed by atoms with Gasteiger partial charge in [-0.05, 0) is 60.9 Å². The van der Waals surface area contributed by atoms with Gasteiger partial charge >= 0.3 is 0 Å². The van der Waals surface area contributed by atoms with Crippen LogP contribution in [0.1, 0.15) is 47.8 Å². The molecule has 0 spiro atoms. The smallest absolute Gasteiger partial charge is 0.256 e. The summed E-state index contributed by atoms with van der Waals surface area (Å²) in [5.41, 5.74) is 4.93. The zero-order chi connectivity index (χ0) is 23.6. The summed E-state index contributed by atoms with van der Waals surface area (Å²) >= 11 is 0. The average Bonchev–Trinajstić information content (AvgIpc) is 2.76. The first kappa shape index (κ1) is 22.7. The van der Waals surface area contributed by atoms with Crippen molar-refractivity contribution in [3.05, 3.63) is 70.7 Å². The SMILES string of the molecule is CCNC(=O)c1cnc(Nc2ccc3c(c2)CNCC3(C)C)nc1Nc1ccc(F)c(C)c1. The van der Waals surface area contributed by atoms with Crippen LogP contribution in [0.2, 0.25) is 0 Å². The summed E-state index contributed by atoms with van der Waals surface area (Å²) in [7, 11) is 0. The number of hydrogen-bond donors (Lipinski definition) is 4. The number of amides is 1. The van der Waals surface area contributed by atoms with Crippen LogP contribution in [-0.2, 0) is 12.0 Å². The van der Waals surface area contributed by atoms with Gasteiger partial charge in [0.2, 0.25) is 5.95 Å². The summed E-state index contributed by atoms with van der Waals surface area (Å²) in [6.45, 7) is 10.2. The minimum atomic E-state index is -0.292. The average molecular weight is 449 g/mol. The third kappa shape index (κ3) is 4.96. The van der Waals surface area contributed by atoms with Crippen LogP contribution >= 0.6 is 0 Å². The maximum absolute atomic E-state index is 13.7. The molecule has 0 aliphatic carbocycles. The number of carbonyl (C=O) groups is 1. The van der Waals surface area contributed by atoms with E-state index in [4.69, 9.17) is 0 Å². The highest BCUT2D eigenvalue weighted by Crippen LogP contribution is 2.32. The number of aromatic nitrogens is 2. The molecule has 4 rings (SSSR count). The second kappa shape index (κ2) is 9.15. The van der Waals surface area contributed by atoms with Gasteiger partial charge in [-0.1, -0.05) is 19.9 Å². The largest absolute Gasteiger partial charge is 0.352 e. The standard InChI is InChI=1S/C25H29FN6O/c1-5-28-23(33)19-13-29-24(32-22(19)30-17-7-9-21(26)15(2)10-17)31-18-6-8-20-16(11-18)12-27-14-25(20,3)4/h6-11,13,27H,5,12,14H2,1-4H3,(H,28,33)(H2,29,30,31,32). The highest BCUT2D eigenvalue weighted by atomic mass is 19.1. The number of halogens is 1. The molecule has 33 heavy (non-hydrogen) atoms. The third-order valence-corrected chi connectivity index (χ3v) is 5.76. The molecule has 0 bridgehead atoms. The van der Waals surface area contributed by atoms with Crippen LogP contribution in [0.25, 0.3) is 0 Å². The van der Waals surface area contributed by atoms with Crippen LogP contribution in [0, 0.1) is 12.7 Å². The molecule has 0 saturated carbocycles. The summed E-state index contributed by atoms with van der Waals surface area (Å²) in [6, 6.07) is 10.9. The molecule has 2 heterocycles. The van der Waals surface area contributed by atoms with Gasteiger partial charge in [0.25, 0.3) is 5.91 Å². The molecule has 3 aromatic rings. The quantitative estimate of drug-likeness (QED) is 0.443. The van der Waals surface area contributed by atoms with Gasteiger partial charge in [-0.2, -0.15) is 4.98 Å². The fourth-order valence-corrected chi connectivity index (χ4v) is 4.03. The van der Waals surface area contributed by atoms with Crippen LogP contribution in [0.5, 0.6) is 0 Å². The molecule has 0 atom stereocenters. The number of anilines is 4. The lowest BCUT2D eigenvalue weighted by Crippen LogP contribution is -2.38. The molecule has 0 fully saturated rings. The lowest BCUT2D eigenvalue weighted by molar-refractivity contribution is 0.0956. The number of benzene rings is 2. The van der Waals surface area contributed by atoms with Crippen molar-refractivity contribution in [1.29, 1.82) is 0 Å². The Bertz CT molecular complexity index is 1190. The minimum absolute atomic E-state index is 0.0707. The first-order valence-corrected chi connectivity index (χ1v) is 11.1. The van der Waals surface area contributed by atoms with Gasteiger partial charge in [-0.3, -0.25) is 4.79 Å². The van der Waals surface area contributed by atoms with Crippen molar-refractivity contribution in [1.82, 2.24) is 20.6 Å². The van der Waals surface area contributed by atoms with Crippen molar-refractivity contribution in [2.24, 2.45) is 0 Å². The number of fused-ring (bicyclic) bond motifs is 1. The van der Waals surface area contributed by atoms with Gasteiger partial charge in [-0.15, -0.1) is 0 Å². The van der Waals surface area contributed by atoms with Crippen LogP contribution < -0.4 is 21.3 Å². The molecule has 1 aliphatic heterocycles. The molecule has 2 aromatic carbocycles. The Morgan fingerprint density at radius 2 is 1.91 bits per heavy atom. The van der Waals surface area contributed by atoms with E-state index in [9.17, 15) is 9.18 Å². The van der Waals surface area contributed by atoms with E-state index in [1.54, 1.807) is 19.1 Å². The van der Waals surface area contributed by atoms with E-state index in [0.717, 1.165) is 18.8 Å². The summed E-state index contributed by atoms with van der Waals surface area (Å²) in [5.74, 6) is 0.115. The van der Waals surface area contributed by atoms with Crippen LogP contribution in [0.15, 0.2) is 42.6 Å². The molecule has 0 unspecified atom stereocenters. The maximum Gasteiger partial charge on any atom is 0.256 e. The summed E-state index contributed by atoms with van der Waals surface area (Å²) in [5, 5.41) is 12.6. The Labute approximate surface area is 193 Å². The highest BCUT2D eigenvalue weighted by molar-refractivity contribution is 5.99. The molecular formula is C25H29FN6O. The Morgan fingerprint density at radius 3 is 2.67 bits per heavy atom. The number of carbonyl (C=O) groups excluding carboxylic acids is 1. The van der Waals surface area contributed by atoms with E-state index in [2.05, 4.69) is 57.2 Å². The van der Waals surface area contributed by atoms with Crippen molar-refractivity contribution in [2.45, 2.75) is 39.7 Å². The molecule has 172 valence electrons. The van der Waals surface area contributed by atoms with Gasteiger partial charge in [-0.25, -0.2) is 9.37 Å². The molecular weight excluding hydrogens is 419 g/mol. The predicted molar refractivity (Wildman–Crippen MR) is 129 cm³/mol. The Balaban J connectivity index is 1.64.